The van der Waals surface area contributed by atoms with Gasteiger partial charge in [0.25, 0.3) is 0 Å². The van der Waals surface area contributed by atoms with Crippen LogP contribution in [0.25, 0.3) is 5.52 Å². The first-order valence-corrected chi connectivity index (χ1v) is 6.53. The highest BCUT2D eigenvalue weighted by molar-refractivity contribution is 5.98. The van der Waals surface area contributed by atoms with Crippen LogP contribution in [0, 0.1) is 6.92 Å². The Bertz CT molecular complexity index is 824. The van der Waals surface area contributed by atoms with E-state index in [1.807, 2.05) is 31.3 Å². The molecule has 0 fully saturated rings. The predicted octanol–water partition coefficient (Wildman–Crippen LogP) is 2.30. The molecule has 0 saturated heterocycles. The van der Waals surface area contributed by atoms with Crippen molar-refractivity contribution < 1.29 is 4.79 Å². The summed E-state index contributed by atoms with van der Waals surface area (Å²) >= 11 is 0. The summed E-state index contributed by atoms with van der Waals surface area (Å²) in [6.07, 6.45) is 3.40. The van der Waals surface area contributed by atoms with Crippen molar-refractivity contribution in [1.29, 1.82) is 0 Å². The number of rotatable bonds is 2. The number of nitrogen functional groups attached to an aromatic ring is 1. The third-order valence-corrected chi connectivity index (χ3v) is 3.14. The molecule has 0 unspecified atom stereocenters. The number of anilines is 3. The largest absolute Gasteiger partial charge is 0.399 e. The molecule has 0 aliphatic heterocycles. The second-order valence-corrected chi connectivity index (χ2v) is 4.84. The Kier molecular flexibility index (Phi) is 3.06. The second-order valence-electron chi connectivity index (χ2n) is 4.84. The minimum Gasteiger partial charge on any atom is -0.399 e. The van der Waals surface area contributed by atoms with E-state index in [4.69, 9.17) is 5.73 Å². The Labute approximate surface area is 121 Å². The molecular formula is C15H15N5O. The number of nitrogens with zero attached hydrogens (tertiary/aromatic N) is 4. The molecule has 0 aliphatic carbocycles. The lowest BCUT2D eigenvalue weighted by Crippen LogP contribution is -2.23. The third kappa shape index (κ3) is 2.43. The zero-order valence-electron chi connectivity index (χ0n) is 11.8. The summed E-state index contributed by atoms with van der Waals surface area (Å²) < 4.78 is 1.77. The first-order chi connectivity index (χ1) is 10.0. The van der Waals surface area contributed by atoms with Crippen LogP contribution in [0.5, 0.6) is 0 Å². The van der Waals surface area contributed by atoms with Gasteiger partial charge in [-0.05, 0) is 31.2 Å². The maximum Gasteiger partial charge on any atom is 0.229 e. The van der Waals surface area contributed by atoms with Crippen molar-refractivity contribution in [2.24, 2.45) is 0 Å². The Hall–Kier alpha value is -2.89. The van der Waals surface area contributed by atoms with Gasteiger partial charge in [0.1, 0.15) is 5.82 Å². The molecule has 6 heteroatoms. The van der Waals surface area contributed by atoms with Crippen LogP contribution in [0.4, 0.5) is 17.2 Å². The molecule has 0 bridgehead atoms. The van der Waals surface area contributed by atoms with Gasteiger partial charge >= 0.3 is 0 Å². The molecule has 0 atom stereocenters. The Morgan fingerprint density at radius 3 is 2.81 bits per heavy atom. The number of carbonyl (C=O) groups is 1. The van der Waals surface area contributed by atoms with Crippen molar-refractivity contribution in [2.75, 3.05) is 10.6 Å². The molecule has 3 aromatic heterocycles. The molecule has 3 aromatic rings. The van der Waals surface area contributed by atoms with Gasteiger partial charge in [-0.25, -0.2) is 9.50 Å². The quantitative estimate of drug-likeness (QED) is 0.782. The van der Waals surface area contributed by atoms with E-state index in [-0.39, 0.29) is 5.91 Å². The number of aromatic nitrogens is 3. The number of hydrogen-bond acceptors (Lipinski definition) is 4. The van der Waals surface area contributed by atoms with Crippen LogP contribution in [0.1, 0.15) is 12.6 Å². The van der Waals surface area contributed by atoms with E-state index >= 15 is 0 Å². The summed E-state index contributed by atoms with van der Waals surface area (Å²) in [5.74, 6) is 0.372. The van der Waals surface area contributed by atoms with E-state index in [1.165, 1.54) is 11.8 Å². The zero-order chi connectivity index (χ0) is 15.0. The van der Waals surface area contributed by atoms with Crippen LogP contribution < -0.4 is 10.6 Å². The van der Waals surface area contributed by atoms with E-state index in [0.717, 1.165) is 16.9 Å². The zero-order valence-corrected chi connectivity index (χ0v) is 11.8. The van der Waals surface area contributed by atoms with E-state index in [1.54, 1.807) is 22.8 Å². The fraction of sp³-hybridized carbons (Fsp3) is 0.133. The average Bonchev–Trinajstić information content (AvgIpc) is 2.78. The number of carbonyl (C=O) groups excluding carboxylic acids is 1. The van der Waals surface area contributed by atoms with Crippen LogP contribution in [0.2, 0.25) is 0 Å². The van der Waals surface area contributed by atoms with Crippen molar-refractivity contribution in [3.8, 4) is 0 Å². The molecule has 21 heavy (non-hydrogen) atoms. The van der Waals surface area contributed by atoms with Gasteiger partial charge in [-0.3, -0.25) is 9.69 Å². The molecule has 0 spiro atoms. The summed E-state index contributed by atoms with van der Waals surface area (Å²) in [6.45, 7) is 3.42. The second kappa shape index (κ2) is 4.90. The van der Waals surface area contributed by atoms with Crippen molar-refractivity contribution in [3.63, 3.8) is 0 Å². The molecule has 3 heterocycles. The van der Waals surface area contributed by atoms with Crippen molar-refractivity contribution in [2.45, 2.75) is 13.8 Å². The third-order valence-electron chi connectivity index (χ3n) is 3.14. The molecule has 3 rings (SSSR count). The lowest BCUT2D eigenvalue weighted by molar-refractivity contribution is -0.115. The van der Waals surface area contributed by atoms with E-state index in [2.05, 4.69) is 10.1 Å². The minimum atomic E-state index is -0.131. The van der Waals surface area contributed by atoms with Gasteiger partial charge in [0.2, 0.25) is 5.91 Å². The highest BCUT2D eigenvalue weighted by Crippen LogP contribution is 2.26. The number of amides is 1. The predicted molar refractivity (Wildman–Crippen MR) is 81.4 cm³/mol. The number of hydrogen-bond donors (Lipinski definition) is 1. The van der Waals surface area contributed by atoms with Crippen LogP contribution in [0.3, 0.4) is 0 Å². The first kappa shape index (κ1) is 13.1. The fourth-order valence-electron chi connectivity index (χ4n) is 2.28. The Morgan fingerprint density at radius 1 is 1.29 bits per heavy atom. The Morgan fingerprint density at radius 2 is 2.10 bits per heavy atom. The number of aryl methyl sites for hydroxylation is 1. The van der Waals surface area contributed by atoms with Gasteiger partial charge in [-0.1, -0.05) is 0 Å². The fourth-order valence-corrected chi connectivity index (χ4v) is 2.28. The smallest absolute Gasteiger partial charge is 0.229 e. The molecule has 0 aliphatic rings. The first-order valence-electron chi connectivity index (χ1n) is 6.53. The summed E-state index contributed by atoms with van der Waals surface area (Å²) in [5.41, 5.74) is 8.91. The monoisotopic (exact) mass is 281 g/mol. The molecular weight excluding hydrogens is 266 g/mol. The summed E-state index contributed by atoms with van der Waals surface area (Å²) in [7, 11) is 0. The van der Waals surface area contributed by atoms with Gasteiger partial charge in [0.15, 0.2) is 0 Å². The molecule has 0 aromatic carbocycles. The minimum absolute atomic E-state index is 0.131. The van der Waals surface area contributed by atoms with E-state index < -0.39 is 0 Å². The van der Waals surface area contributed by atoms with Crippen LogP contribution >= 0.6 is 0 Å². The topological polar surface area (TPSA) is 76.5 Å². The number of fused-ring (bicyclic) bond motifs is 1. The standard InChI is InChI=1S/C15H15N5O/c1-10-7-14-9-13(4-6-19(14)18-10)20(11(2)21)15-8-12(16)3-5-17-15/h3-9H,1-2H3,(H2,16,17). The summed E-state index contributed by atoms with van der Waals surface area (Å²) in [6, 6.07) is 9.03. The maximum atomic E-state index is 12.0. The van der Waals surface area contributed by atoms with Crippen LogP contribution in [-0.2, 0) is 4.79 Å². The van der Waals surface area contributed by atoms with Crippen molar-refractivity contribution in [3.05, 3.63) is 48.4 Å². The highest BCUT2D eigenvalue weighted by atomic mass is 16.2. The summed E-state index contributed by atoms with van der Waals surface area (Å²) in [5, 5.41) is 4.32. The number of nitrogens with two attached hydrogens (primary N) is 1. The van der Waals surface area contributed by atoms with Gasteiger partial charge in [0, 0.05) is 31.1 Å². The molecule has 106 valence electrons. The van der Waals surface area contributed by atoms with Crippen molar-refractivity contribution >= 4 is 28.6 Å². The highest BCUT2D eigenvalue weighted by Gasteiger charge is 2.16. The van der Waals surface area contributed by atoms with Crippen molar-refractivity contribution in [1.82, 2.24) is 14.6 Å². The van der Waals surface area contributed by atoms with Gasteiger partial charge in [-0.15, -0.1) is 0 Å². The lowest BCUT2D eigenvalue weighted by atomic mass is 10.3. The lowest BCUT2D eigenvalue weighted by Gasteiger charge is -2.20. The Balaban J connectivity index is 2.12. The average molecular weight is 281 g/mol. The van der Waals surface area contributed by atoms with Crippen LogP contribution in [-0.4, -0.2) is 20.5 Å². The molecule has 0 saturated carbocycles. The SMILES string of the molecule is CC(=O)N(c1ccn2nc(C)cc2c1)c1cc(N)ccn1. The molecule has 1 amide bonds. The number of pyridine rings is 2. The van der Waals surface area contributed by atoms with E-state index in [0.29, 0.717) is 11.5 Å². The summed E-state index contributed by atoms with van der Waals surface area (Å²) in [4.78, 5) is 17.8. The van der Waals surface area contributed by atoms with Gasteiger partial charge in [-0.2, -0.15) is 5.10 Å². The molecule has 6 nitrogen and oxygen atoms in total. The van der Waals surface area contributed by atoms with Gasteiger partial charge < -0.3 is 5.73 Å². The van der Waals surface area contributed by atoms with Crippen LogP contribution in [0.15, 0.2) is 42.7 Å². The maximum absolute atomic E-state index is 12.0. The van der Waals surface area contributed by atoms with Gasteiger partial charge in [0.05, 0.1) is 16.9 Å². The molecule has 2 N–H and O–H groups in total. The van der Waals surface area contributed by atoms with E-state index in [9.17, 15) is 4.79 Å². The normalized spacial score (nSPS) is 10.8. The molecule has 0 radical (unpaired) electrons.